The summed E-state index contributed by atoms with van der Waals surface area (Å²) in [6.45, 7) is 0. The van der Waals surface area contributed by atoms with Gasteiger partial charge in [0.25, 0.3) is 0 Å². The molecule has 0 fully saturated rings. The molecule has 1 heterocycles. The van der Waals surface area contributed by atoms with Crippen LogP contribution in [0.5, 0.6) is 11.5 Å². The molecule has 1 N–H and O–H groups in total. The average molecular weight is 524 g/mol. The molecule has 1 aliphatic carbocycles. The molecule has 0 aromatic heterocycles. The van der Waals surface area contributed by atoms with Gasteiger partial charge in [-0.3, -0.25) is 4.55 Å². The van der Waals surface area contributed by atoms with Gasteiger partial charge in [-0.15, -0.1) is 0 Å². The summed E-state index contributed by atoms with van der Waals surface area (Å²) in [5, 5.41) is -0.384. The maximum Gasteiger partial charge on any atom is 0.300 e. The van der Waals surface area contributed by atoms with E-state index in [1.54, 1.807) is 12.2 Å². The minimum absolute atomic E-state index is 0.126. The molecule has 3 atom stereocenters. The van der Waals surface area contributed by atoms with E-state index in [0.29, 0.717) is 5.75 Å². The average Bonchev–Trinajstić information content (AvgIpc) is 2.83. The Bertz CT molecular complexity index is 1460. The smallest absolute Gasteiger partial charge is 0.300 e. The Balaban J connectivity index is 1.58. The summed E-state index contributed by atoms with van der Waals surface area (Å²) in [5.41, 5.74) is 0. The quantitative estimate of drug-likeness (QED) is 0.221. The van der Waals surface area contributed by atoms with Crippen molar-refractivity contribution in [2.24, 2.45) is 0 Å². The fraction of sp³-hybridized carbons (Fsp3) is 0.0833. The van der Waals surface area contributed by atoms with Crippen molar-refractivity contribution in [1.29, 1.82) is 0 Å². The fourth-order valence-electron chi connectivity index (χ4n) is 3.89. The van der Waals surface area contributed by atoms with Gasteiger partial charge in [-0.1, -0.05) is 30.3 Å². The highest BCUT2D eigenvalue weighted by molar-refractivity contribution is 7.98. The fourth-order valence-corrected chi connectivity index (χ4v) is 7.07. The molecule has 11 heteroatoms. The van der Waals surface area contributed by atoms with Crippen molar-refractivity contribution in [1.82, 2.24) is 0 Å². The van der Waals surface area contributed by atoms with Crippen LogP contribution >= 0.6 is 0 Å². The lowest BCUT2D eigenvalue weighted by molar-refractivity contribution is 0.237. The largest absolute Gasteiger partial charge is 0.475 e. The van der Waals surface area contributed by atoms with E-state index >= 15 is 0 Å². The molecule has 180 valence electrons. The molecule has 0 radical (unpaired) electrons. The lowest BCUT2D eigenvalue weighted by Gasteiger charge is -2.31. The van der Waals surface area contributed by atoms with E-state index in [4.69, 9.17) is 14.0 Å². The van der Waals surface area contributed by atoms with Gasteiger partial charge in [0.15, 0.2) is 38.5 Å². The van der Waals surface area contributed by atoms with Gasteiger partial charge in [0.2, 0.25) is 22.3 Å². The molecule has 2 aliphatic rings. The molecule has 0 saturated heterocycles. The molecule has 0 spiro atoms. The monoisotopic (exact) mass is 523 g/mol. The first-order chi connectivity index (χ1) is 16.7. The number of hydrogen-bond donors (Lipinski definition) is 1. The molecule has 5 nitrogen and oxygen atoms in total. The van der Waals surface area contributed by atoms with Gasteiger partial charge in [-0.05, 0) is 36.4 Å². The van der Waals surface area contributed by atoms with Crippen molar-refractivity contribution in [3.63, 3.8) is 0 Å². The topological polar surface area (TPSA) is 72.8 Å². The second-order valence-corrected chi connectivity index (χ2v) is 11.1. The number of hydrogen-bond acceptors (Lipinski definition) is 4. The number of halogens is 4. The van der Waals surface area contributed by atoms with E-state index < -0.39 is 61.0 Å². The predicted octanol–water partition coefficient (Wildman–Crippen LogP) is 5.19. The molecule has 0 saturated carbocycles. The lowest BCUT2D eigenvalue weighted by Crippen LogP contribution is -2.41. The van der Waals surface area contributed by atoms with Crippen LogP contribution in [0.3, 0.4) is 0 Å². The van der Waals surface area contributed by atoms with Crippen molar-refractivity contribution >= 4 is 21.0 Å². The number of para-hydroxylation sites is 1. The molecule has 1 aliphatic heterocycles. The van der Waals surface area contributed by atoms with Crippen LogP contribution in [0.4, 0.5) is 17.6 Å². The zero-order chi connectivity index (χ0) is 24.9. The Hall–Kier alpha value is -3.28. The van der Waals surface area contributed by atoms with Crippen LogP contribution in [-0.4, -0.2) is 24.3 Å². The van der Waals surface area contributed by atoms with Crippen LogP contribution < -0.4 is 9.47 Å². The lowest BCUT2D eigenvalue weighted by atomic mass is 10.1. The van der Waals surface area contributed by atoms with E-state index in [2.05, 4.69) is 0 Å². The van der Waals surface area contributed by atoms with Crippen LogP contribution in [0.2, 0.25) is 0 Å². The maximum absolute atomic E-state index is 14.5. The number of allylic oxidation sites excluding steroid dienone is 1. The molecule has 35 heavy (non-hydrogen) atoms. The third kappa shape index (κ3) is 4.09. The summed E-state index contributed by atoms with van der Waals surface area (Å²) in [5.74, 6) is -9.69. The summed E-state index contributed by atoms with van der Waals surface area (Å²) >= 11 is 0. The van der Waals surface area contributed by atoms with Gasteiger partial charge in [0, 0.05) is 6.08 Å². The van der Waals surface area contributed by atoms with Crippen molar-refractivity contribution in [3.05, 3.63) is 102 Å². The first kappa shape index (κ1) is 23.5. The highest BCUT2D eigenvalue weighted by Crippen LogP contribution is 2.43. The van der Waals surface area contributed by atoms with Crippen molar-refractivity contribution < 1.29 is 40.0 Å². The van der Waals surface area contributed by atoms with E-state index in [1.807, 2.05) is 54.6 Å². The highest BCUT2D eigenvalue weighted by atomic mass is 32.2. The molecule has 0 bridgehead atoms. The molecule has 3 aromatic carbocycles. The van der Waals surface area contributed by atoms with Crippen molar-refractivity contribution in [3.8, 4) is 11.5 Å². The van der Waals surface area contributed by atoms with E-state index in [9.17, 15) is 26.0 Å². The third-order valence-electron chi connectivity index (χ3n) is 5.38. The minimum atomic E-state index is -5.57. The Morgan fingerprint density at radius 1 is 0.886 bits per heavy atom. The van der Waals surface area contributed by atoms with Crippen molar-refractivity contribution in [2.75, 3.05) is 0 Å². The van der Waals surface area contributed by atoms with Gasteiger partial charge < -0.3 is 9.47 Å². The number of fused-ring (bicyclic) bond motifs is 2. The van der Waals surface area contributed by atoms with Crippen LogP contribution in [0.1, 0.15) is 0 Å². The van der Waals surface area contributed by atoms with Crippen LogP contribution in [0.15, 0.2) is 93.3 Å². The number of ether oxygens (including phenoxy) is 2. The van der Waals surface area contributed by atoms with E-state index in [0.717, 1.165) is 9.79 Å². The Morgan fingerprint density at radius 2 is 1.51 bits per heavy atom. The summed E-state index contributed by atoms with van der Waals surface area (Å²) in [6, 6.07) is 16.9. The Morgan fingerprint density at radius 3 is 2.17 bits per heavy atom. The minimum Gasteiger partial charge on any atom is -0.475 e. The van der Waals surface area contributed by atoms with Gasteiger partial charge in [0.05, 0.1) is 10.9 Å². The molecular weight excluding hydrogens is 508 g/mol. The molecular formula is C24H15F4O5S2+. The van der Waals surface area contributed by atoms with Gasteiger partial charge in [-0.25, -0.2) is 8.78 Å². The van der Waals surface area contributed by atoms with Gasteiger partial charge in [0.1, 0.15) is 5.76 Å². The maximum atomic E-state index is 14.5. The molecule has 3 unspecified atom stereocenters. The third-order valence-corrected chi connectivity index (χ3v) is 8.80. The predicted molar refractivity (Wildman–Crippen MR) is 119 cm³/mol. The first-order valence-corrected chi connectivity index (χ1v) is 12.8. The number of rotatable bonds is 4. The Labute approximate surface area is 200 Å². The summed E-state index contributed by atoms with van der Waals surface area (Å²) < 4.78 is 100.0. The summed E-state index contributed by atoms with van der Waals surface area (Å²) in [6.07, 6.45) is 4.04. The second kappa shape index (κ2) is 8.74. The highest BCUT2D eigenvalue weighted by Gasteiger charge is 2.47. The van der Waals surface area contributed by atoms with Crippen molar-refractivity contribution in [2.45, 2.75) is 26.0 Å². The van der Waals surface area contributed by atoms with Crippen LogP contribution in [0, 0.1) is 23.3 Å². The zero-order valence-electron chi connectivity index (χ0n) is 17.5. The second-order valence-electron chi connectivity index (χ2n) is 7.56. The SMILES string of the molecule is O=S(=O)(O)c1c(F)c(F)c(OC2=CC3C(C=C2)Oc2ccccc2[S+]3c2ccccc2)c(F)c1F. The van der Waals surface area contributed by atoms with Gasteiger partial charge in [-0.2, -0.15) is 17.2 Å². The molecule has 5 rings (SSSR count). The summed E-state index contributed by atoms with van der Waals surface area (Å²) in [4.78, 5) is -0.259. The Kier molecular flexibility index (Phi) is 5.86. The normalized spacial score (nSPS) is 20.9. The molecule has 3 aromatic rings. The number of benzene rings is 3. The van der Waals surface area contributed by atoms with Crippen LogP contribution in [-0.2, 0) is 21.0 Å². The zero-order valence-corrected chi connectivity index (χ0v) is 19.1. The first-order valence-electron chi connectivity index (χ1n) is 10.1. The molecule has 0 amide bonds. The summed E-state index contributed by atoms with van der Waals surface area (Å²) in [7, 11) is -6.16. The standard InChI is InChI=1S/C24H14F4O5S2/c25-19-21(27)24(35(29,30)31)22(28)20(26)23(19)32-13-10-11-16-18(12-13)34(14-6-2-1-3-7-14)17-9-5-4-8-15(17)33-16/h1-12,16,18H/p+1. The van der Waals surface area contributed by atoms with E-state index in [-0.39, 0.29) is 11.0 Å². The van der Waals surface area contributed by atoms with E-state index in [1.165, 1.54) is 6.08 Å². The van der Waals surface area contributed by atoms with Crippen LogP contribution in [0.25, 0.3) is 0 Å². The van der Waals surface area contributed by atoms with Gasteiger partial charge >= 0.3 is 10.1 Å².